The molecule has 5 atom stereocenters. The Balaban J connectivity index is 1.60. The van der Waals surface area contributed by atoms with E-state index >= 15 is 4.39 Å². The second-order valence-electron chi connectivity index (χ2n) is 13.8. The van der Waals surface area contributed by atoms with Crippen molar-refractivity contribution in [3.05, 3.63) is 6.33 Å². The largest absolute Gasteiger partial charge is 0.480 e. The molecular weight excluding hydrogens is 682 g/mol. The summed E-state index contributed by atoms with van der Waals surface area (Å²) in [4.78, 5) is 50.1. The van der Waals surface area contributed by atoms with Crippen LogP contribution in [-0.4, -0.2) is 82.5 Å². The lowest BCUT2D eigenvalue weighted by atomic mass is 9.87. The maximum absolute atomic E-state index is 17.1. The molecule has 2 fully saturated rings. The van der Waals surface area contributed by atoms with Crippen molar-refractivity contribution in [3.63, 3.8) is 0 Å². The van der Waals surface area contributed by atoms with Gasteiger partial charge in [-0.3, -0.25) is 23.5 Å². The Morgan fingerprint density at radius 2 is 1.78 bits per heavy atom. The van der Waals surface area contributed by atoms with Gasteiger partial charge in [0.2, 0.25) is 19.5 Å². The first-order chi connectivity index (χ1) is 23.4. The summed E-state index contributed by atoms with van der Waals surface area (Å²) in [6.45, 7) is 6.78. The fourth-order valence-electron chi connectivity index (χ4n) is 5.58. The van der Waals surface area contributed by atoms with Gasteiger partial charge in [0.25, 0.3) is 0 Å². The number of aromatic nitrogens is 4. The molecule has 2 aromatic rings. The van der Waals surface area contributed by atoms with Crippen molar-refractivity contribution in [2.45, 2.75) is 104 Å². The van der Waals surface area contributed by atoms with E-state index in [9.17, 15) is 18.9 Å². The lowest BCUT2D eigenvalue weighted by molar-refractivity contribution is -0.162. The zero-order valence-electron chi connectivity index (χ0n) is 29.5. The summed E-state index contributed by atoms with van der Waals surface area (Å²) in [5.74, 6) is -2.21. The van der Waals surface area contributed by atoms with E-state index in [1.54, 1.807) is 41.7 Å². The van der Waals surface area contributed by atoms with Crippen molar-refractivity contribution in [1.82, 2.24) is 19.5 Å². The second kappa shape index (κ2) is 16.3. The third kappa shape index (κ3) is 9.66. The summed E-state index contributed by atoms with van der Waals surface area (Å²) >= 11 is 0. The normalized spacial score (nSPS) is 24.2. The number of anilines is 2. The van der Waals surface area contributed by atoms with Crippen molar-refractivity contribution >= 4 is 48.7 Å². The number of hydrogen-bond donors (Lipinski definition) is 2. The Bertz CT molecular complexity index is 1560. The summed E-state index contributed by atoms with van der Waals surface area (Å²) in [6, 6.07) is 0. The van der Waals surface area contributed by atoms with Gasteiger partial charge in [0, 0.05) is 13.5 Å². The number of carbonyl (C=O) groups is 3. The van der Waals surface area contributed by atoms with Crippen molar-refractivity contribution in [2.24, 2.45) is 17.3 Å². The highest BCUT2D eigenvalue weighted by Gasteiger charge is 2.59. The van der Waals surface area contributed by atoms with E-state index in [-0.39, 0.29) is 29.5 Å². The van der Waals surface area contributed by atoms with Gasteiger partial charge in [-0.2, -0.15) is 9.97 Å². The minimum absolute atomic E-state index is 0.0825. The molecule has 19 heteroatoms. The van der Waals surface area contributed by atoms with Gasteiger partial charge in [0.15, 0.2) is 35.0 Å². The van der Waals surface area contributed by atoms with Crippen LogP contribution in [0.2, 0.25) is 0 Å². The lowest BCUT2D eigenvalue weighted by Gasteiger charge is -2.29. The van der Waals surface area contributed by atoms with Gasteiger partial charge in [-0.1, -0.05) is 33.1 Å². The molecule has 1 aliphatic heterocycles. The average molecular weight is 731 g/mol. The molecule has 2 aromatic heterocycles. The van der Waals surface area contributed by atoms with Gasteiger partial charge in [-0.15, -0.1) is 0 Å². The Morgan fingerprint density at radius 3 is 2.40 bits per heavy atom. The van der Waals surface area contributed by atoms with Crippen LogP contribution in [-0.2, 0) is 51.5 Å². The number of ether oxygens (including phenoxy) is 4. The van der Waals surface area contributed by atoms with E-state index in [1.807, 2.05) is 0 Å². The van der Waals surface area contributed by atoms with Crippen molar-refractivity contribution < 1.29 is 55.9 Å². The highest BCUT2D eigenvalue weighted by atomic mass is 31.2. The van der Waals surface area contributed by atoms with E-state index in [0.717, 1.165) is 32.1 Å². The van der Waals surface area contributed by atoms with E-state index < -0.39 is 81.4 Å². The summed E-state index contributed by atoms with van der Waals surface area (Å²) in [7, 11) is -3.09. The van der Waals surface area contributed by atoms with Gasteiger partial charge < -0.3 is 30.0 Å². The first-order valence-electron chi connectivity index (χ1n) is 16.5. The minimum atomic E-state index is -4.70. The van der Waals surface area contributed by atoms with Crippen LogP contribution in [0.3, 0.4) is 0 Å². The predicted octanol–water partition coefficient (Wildman–Crippen LogP) is 4.82. The van der Waals surface area contributed by atoms with Gasteiger partial charge >= 0.3 is 25.7 Å². The fourth-order valence-corrected chi connectivity index (χ4v) is 6.50. The smallest absolute Gasteiger partial charge is 0.456 e. The maximum atomic E-state index is 17.1. The SMILES string of the molecule is CNc1nc(N)nc2c1ncn2[C@@H]1O[C@H](COP(=O)(OCOC(=O)C(C)C)OCOC(=O)C(C)(C)C)[C@@H](OC(=O)CC2CCCCC2)[C@@]1(C)F. The summed E-state index contributed by atoms with van der Waals surface area (Å²) in [5.41, 5.74) is 2.99. The van der Waals surface area contributed by atoms with Gasteiger partial charge in [0.05, 0.1) is 24.3 Å². The zero-order valence-corrected chi connectivity index (χ0v) is 30.4. The molecule has 0 bridgehead atoms. The number of nitrogens with one attached hydrogen (secondary N) is 1. The van der Waals surface area contributed by atoms with E-state index in [4.69, 9.17) is 38.3 Å². The molecule has 1 unspecified atom stereocenters. The van der Waals surface area contributed by atoms with Crippen LogP contribution >= 0.6 is 7.82 Å². The van der Waals surface area contributed by atoms with Crippen molar-refractivity contribution in [2.75, 3.05) is 38.3 Å². The number of nitrogen functional groups attached to an aromatic ring is 1. The number of phosphoric ester groups is 1. The monoisotopic (exact) mass is 730 g/mol. The number of phosphoric acid groups is 1. The van der Waals surface area contributed by atoms with E-state index in [0.29, 0.717) is 5.82 Å². The number of alkyl halides is 1. The number of halogens is 1. The molecule has 4 rings (SSSR count). The molecule has 0 aromatic carbocycles. The number of esters is 3. The number of nitrogens with two attached hydrogens (primary N) is 1. The van der Waals surface area contributed by atoms with E-state index in [1.165, 1.54) is 17.8 Å². The molecule has 1 saturated carbocycles. The highest BCUT2D eigenvalue weighted by molar-refractivity contribution is 7.48. The zero-order chi connectivity index (χ0) is 36.9. The number of nitrogens with zero attached hydrogens (tertiary/aromatic N) is 4. The molecule has 0 amide bonds. The van der Waals surface area contributed by atoms with Gasteiger partial charge in [0.1, 0.15) is 6.10 Å². The summed E-state index contributed by atoms with van der Waals surface area (Å²) in [6.07, 6.45) is 1.68. The predicted molar refractivity (Wildman–Crippen MR) is 176 cm³/mol. The Kier molecular flexibility index (Phi) is 12.8. The fraction of sp³-hybridized carbons (Fsp3) is 0.742. The molecule has 3 heterocycles. The number of rotatable bonds is 15. The van der Waals surface area contributed by atoms with Crippen LogP contribution in [0.4, 0.5) is 16.2 Å². The molecule has 1 aliphatic carbocycles. The maximum Gasteiger partial charge on any atom is 0.480 e. The summed E-state index contributed by atoms with van der Waals surface area (Å²) in [5, 5.41) is 2.86. The number of carbonyl (C=O) groups excluding carboxylic acids is 3. The van der Waals surface area contributed by atoms with Gasteiger partial charge in [-0.25, -0.2) is 23.0 Å². The minimum Gasteiger partial charge on any atom is -0.456 e. The first-order valence-corrected chi connectivity index (χ1v) is 18.0. The van der Waals surface area contributed by atoms with Crippen LogP contribution in [0.1, 0.15) is 86.3 Å². The third-order valence-corrected chi connectivity index (χ3v) is 9.65. The highest BCUT2D eigenvalue weighted by Crippen LogP contribution is 2.52. The number of hydrogen-bond acceptors (Lipinski definition) is 16. The van der Waals surface area contributed by atoms with Crippen molar-refractivity contribution in [3.8, 4) is 0 Å². The quantitative estimate of drug-likeness (QED) is 0.109. The number of imidazole rings is 1. The molecule has 280 valence electrons. The Hall–Kier alpha value is -3.44. The molecule has 3 N–H and O–H groups in total. The number of fused-ring (bicyclic) bond motifs is 1. The molecule has 50 heavy (non-hydrogen) atoms. The van der Waals surface area contributed by atoms with Crippen LogP contribution in [0.5, 0.6) is 0 Å². The Morgan fingerprint density at radius 1 is 1.12 bits per heavy atom. The molecule has 17 nitrogen and oxygen atoms in total. The van der Waals surface area contributed by atoms with Crippen LogP contribution in [0.15, 0.2) is 6.33 Å². The molecule has 0 radical (unpaired) electrons. The molecule has 1 saturated heterocycles. The van der Waals surface area contributed by atoms with Crippen LogP contribution in [0, 0.1) is 17.3 Å². The summed E-state index contributed by atoms with van der Waals surface area (Å²) < 4.78 is 70.0. The second-order valence-corrected chi connectivity index (χ2v) is 15.5. The van der Waals surface area contributed by atoms with Crippen LogP contribution < -0.4 is 11.1 Å². The molecular formula is C31H48FN6O11P. The van der Waals surface area contributed by atoms with E-state index in [2.05, 4.69) is 20.3 Å². The van der Waals surface area contributed by atoms with Crippen molar-refractivity contribution in [1.29, 1.82) is 0 Å². The first kappa shape index (κ1) is 39.3. The molecule has 2 aliphatic rings. The van der Waals surface area contributed by atoms with Gasteiger partial charge in [-0.05, 0) is 46.5 Å². The average Bonchev–Trinajstić information content (AvgIpc) is 3.56. The standard InChI is InChI=1S/C31H48FN6O11P/c1-18(2)26(40)43-16-46-50(42,47-17-44-28(41)30(3,4)5)45-14-20-23(49-21(39)13-19-11-9-8-10-12-19)31(6,32)27(48-20)38-15-35-22-24(34-7)36-29(33)37-25(22)38/h15,18-20,23,27H,8-14,16-17H2,1-7H3,(H3,33,34,36,37)/t20-,23-,27-,31-,50?/m1/s1. The Labute approximate surface area is 290 Å². The topological polar surface area (TPSA) is 215 Å². The van der Waals surface area contributed by atoms with Crippen LogP contribution in [0.25, 0.3) is 11.2 Å². The third-order valence-electron chi connectivity index (χ3n) is 8.34. The lowest BCUT2D eigenvalue weighted by Crippen LogP contribution is -2.44. The molecule has 0 spiro atoms.